The fourth-order valence-corrected chi connectivity index (χ4v) is 2.31. The molecule has 0 atom stereocenters. The first-order chi connectivity index (χ1) is 9.15. The maximum Gasteiger partial charge on any atom is 0.135 e. The number of ether oxygens (including phenoxy) is 1. The van der Waals surface area contributed by atoms with Crippen LogP contribution in [0.4, 0.5) is 0 Å². The Balaban J connectivity index is 1.66. The molecule has 0 bridgehead atoms. The minimum atomic E-state index is 0.405. The SMILES string of the molecule is Cc1ccc(OCCCN2CCC(=O)CC2)cc1C. The first kappa shape index (κ1) is 14.1. The smallest absolute Gasteiger partial charge is 0.135 e. The molecule has 0 amide bonds. The number of Topliss-reactive ketones (excluding diaryl/α,β-unsaturated/α-hetero) is 1. The highest BCUT2D eigenvalue weighted by Gasteiger charge is 2.15. The van der Waals surface area contributed by atoms with E-state index in [-0.39, 0.29) is 0 Å². The molecule has 0 saturated carbocycles. The topological polar surface area (TPSA) is 29.5 Å². The lowest BCUT2D eigenvalue weighted by Crippen LogP contribution is -2.34. The molecular formula is C16H23NO2. The monoisotopic (exact) mass is 261 g/mol. The summed E-state index contributed by atoms with van der Waals surface area (Å²) in [5.74, 6) is 1.36. The van der Waals surface area contributed by atoms with Gasteiger partial charge in [0.2, 0.25) is 0 Å². The molecule has 1 fully saturated rings. The second-order valence-corrected chi connectivity index (χ2v) is 5.33. The number of ketones is 1. The first-order valence-electron chi connectivity index (χ1n) is 7.09. The zero-order valence-corrected chi connectivity index (χ0v) is 11.9. The van der Waals surface area contributed by atoms with Crippen LogP contribution in [0.3, 0.4) is 0 Å². The van der Waals surface area contributed by atoms with E-state index < -0.39 is 0 Å². The number of carbonyl (C=O) groups is 1. The average Bonchev–Trinajstić information content (AvgIpc) is 2.41. The van der Waals surface area contributed by atoms with Gasteiger partial charge in [-0.1, -0.05) is 6.07 Å². The molecule has 2 rings (SSSR count). The van der Waals surface area contributed by atoms with Crippen LogP contribution in [-0.2, 0) is 4.79 Å². The number of carbonyl (C=O) groups excluding carboxylic acids is 1. The Morgan fingerprint density at radius 2 is 1.89 bits per heavy atom. The number of benzene rings is 1. The van der Waals surface area contributed by atoms with E-state index in [1.165, 1.54) is 11.1 Å². The van der Waals surface area contributed by atoms with Gasteiger partial charge in [0.25, 0.3) is 0 Å². The van der Waals surface area contributed by atoms with E-state index >= 15 is 0 Å². The van der Waals surface area contributed by atoms with Gasteiger partial charge in [-0.25, -0.2) is 0 Å². The number of nitrogens with zero attached hydrogens (tertiary/aromatic N) is 1. The van der Waals surface area contributed by atoms with Crippen molar-refractivity contribution in [3.8, 4) is 5.75 Å². The lowest BCUT2D eigenvalue weighted by Gasteiger charge is -2.25. The number of hydrogen-bond acceptors (Lipinski definition) is 3. The predicted molar refractivity (Wildman–Crippen MR) is 76.7 cm³/mol. The summed E-state index contributed by atoms with van der Waals surface area (Å²) in [6, 6.07) is 6.22. The summed E-state index contributed by atoms with van der Waals surface area (Å²) in [5.41, 5.74) is 2.57. The molecule has 1 aliphatic rings. The molecule has 0 spiro atoms. The summed E-state index contributed by atoms with van der Waals surface area (Å²) < 4.78 is 5.76. The first-order valence-corrected chi connectivity index (χ1v) is 7.09. The van der Waals surface area contributed by atoms with Crippen molar-refractivity contribution in [1.29, 1.82) is 0 Å². The third kappa shape index (κ3) is 4.35. The third-order valence-corrected chi connectivity index (χ3v) is 3.78. The molecule has 3 heteroatoms. The molecule has 1 aromatic rings. The second kappa shape index (κ2) is 6.71. The average molecular weight is 261 g/mol. The molecular weight excluding hydrogens is 238 g/mol. The number of rotatable bonds is 5. The van der Waals surface area contributed by atoms with E-state index in [0.717, 1.165) is 51.3 Å². The second-order valence-electron chi connectivity index (χ2n) is 5.33. The lowest BCUT2D eigenvalue weighted by atomic mass is 10.1. The Bertz CT molecular complexity index is 432. The lowest BCUT2D eigenvalue weighted by molar-refractivity contribution is -0.121. The van der Waals surface area contributed by atoms with Gasteiger partial charge in [0, 0.05) is 32.5 Å². The zero-order valence-electron chi connectivity index (χ0n) is 11.9. The Labute approximate surface area is 115 Å². The van der Waals surface area contributed by atoms with Gasteiger partial charge >= 0.3 is 0 Å². The van der Waals surface area contributed by atoms with Crippen molar-refractivity contribution in [2.24, 2.45) is 0 Å². The number of aryl methyl sites for hydroxylation is 2. The van der Waals surface area contributed by atoms with Crippen molar-refractivity contribution < 1.29 is 9.53 Å². The van der Waals surface area contributed by atoms with E-state index in [4.69, 9.17) is 4.74 Å². The van der Waals surface area contributed by atoms with E-state index in [1.54, 1.807) is 0 Å². The standard InChI is InChI=1S/C16H23NO2/c1-13-4-5-16(12-14(13)2)19-11-3-8-17-9-6-15(18)7-10-17/h4-5,12H,3,6-11H2,1-2H3. The van der Waals surface area contributed by atoms with Crippen LogP contribution in [0.15, 0.2) is 18.2 Å². The van der Waals surface area contributed by atoms with Crippen LogP contribution >= 0.6 is 0 Å². The van der Waals surface area contributed by atoms with Crippen LogP contribution in [0.2, 0.25) is 0 Å². The van der Waals surface area contributed by atoms with Crippen molar-refractivity contribution in [1.82, 2.24) is 4.90 Å². The highest BCUT2D eigenvalue weighted by molar-refractivity contribution is 5.79. The predicted octanol–water partition coefficient (Wildman–Crippen LogP) is 2.74. The van der Waals surface area contributed by atoms with Crippen molar-refractivity contribution in [2.75, 3.05) is 26.2 Å². The summed E-state index contributed by atoms with van der Waals surface area (Å²) >= 11 is 0. The van der Waals surface area contributed by atoms with Crippen molar-refractivity contribution in [2.45, 2.75) is 33.1 Å². The van der Waals surface area contributed by atoms with E-state index in [2.05, 4.69) is 30.9 Å². The normalized spacial score (nSPS) is 16.6. The molecule has 0 unspecified atom stereocenters. The summed E-state index contributed by atoms with van der Waals surface area (Å²) in [5, 5.41) is 0. The van der Waals surface area contributed by atoms with Crippen LogP contribution in [-0.4, -0.2) is 36.9 Å². The van der Waals surface area contributed by atoms with Gasteiger partial charge in [-0.3, -0.25) is 4.79 Å². The Morgan fingerprint density at radius 3 is 2.58 bits per heavy atom. The highest BCUT2D eigenvalue weighted by atomic mass is 16.5. The number of hydrogen-bond donors (Lipinski definition) is 0. The van der Waals surface area contributed by atoms with E-state index in [0.29, 0.717) is 5.78 Å². The summed E-state index contributed by atoms with van der Waals surface area (Å²) in [4.78, 5) is 13.5. The minimum Gasteiger partial charge on any atom is -0.494 e. The largest absolute Gasteiger partial charge is 0.494 e. The van der Waals surface area contributed by atoms with Gasteiger partial charge in [0.05, 0.1) is 6.61 Å². The van der Waals surface area contributed by atoms with Gasteiger partial charge in [-0.05, 0) is 43.5 Å². The van der Waals surface area contributed by atoms with Gasteiger partial charge < -0.3 is 9.64 Å². The van der Waals surface area contributed by atoms with Crippen LogP contribution < -0.4 is 4.74 Å². The fraction of sp³-hybridized carbons (Fsp3) is 0.562. The molecule has 3 nitrogen and oxygen atoms in total. The molecule has 0 aromatic heterocycles. The molecule has 1 aliphatic heterocycles. The maximum absolute atomic E-state index is 11.1. The summed E-state index contributed by atoms with van der Waals surface area (Å²) in [7, 11) is 0. The summed E-state index contributed by atoms with van der Waals surface area (Å²) in [6.45, 7) is 7.82. The molecule has 1 saturated heterocycles. The molecule has 0 aliphatic carbocycles. The number of piperidine rings is 1. The number of likely N-dealkylation sites (tertiary alicyclic amines) is 1. The van der Waals surface area contributed by atoms with Crippen LogP contribution in [0.5, 0.6) is 5.75 Å². The maximum atomic E-state index is 11.1. The van der Waals surface area contributed by atoms with E-state index in [9.17, 15) is 4.79 Å². The Hall–Kier alpha value is -1.35. The molecule has 0 radical (unpaired) electrons. The minimum absolute atomic E-state index is 0.405. The van der Waals surface area contributed by atoms with Crippen LogP contribution in [0.25, 0.3) is 0 Å². The van der Waals surface area contributed by atoms with Gasteiger partial charge in [-0.15, -0.1) is 0 Å². The third-order valence-electron chi connectivity index (χ3n) is 3.78. The van der Waals surface area contributed by atoms with Crippen molar-refractivity contribution >= 4 is 5.78 Å². The Kier molecular flexibility index (Phi) is 4.97. The zero-order chi connectivity index (χ0) is 13.7. The summed E-state index contributed by atoms with van der Waals surface area (Å²) in [6.07, 6.45) is 2.46. The van der Waals surface area contributed by atoms with Crippen molar-refractivity contribution in [3.63, 3.8) is 0 Å². The van der Waals surface area contributed by atoms with Gasteiger partial charge in [-0.2, -0.15) is 0 Å². The molecule has 1 heterocycles. The molecule has 0 N–H and O–H groups in total. The van der Waals surface area contributed by atoms with Crippen molar-refractivity contribution in [3.05, 3.63) is 29.3 Å². The molecule has 19 heavy (non-hydrogen) atoms. The quantitative estimate of drug-likeness (QED) is 0.763. The highest BCUT2D eigenvalue weighted by Crippen LogP contribution is 2.16. The Morgan fingerprint density at radius 1 is 1.16 bits per heavy atom. The van der Waals surface area contributed by atoms with E-state index in [1.807, 2.05) is 6.07 Å². The molecule has 104 valence electrons. The van der Waals surface area contributed by atoms with Crippen LogP contribution in [0, 0.1) is 13.8 Å². The molecule has 1 aromatic carbocycles. The fourth-order valence-electron chi connectivity index (χ4n) is 2.31. The van der Waals surface area contributed by atoms with Gasteiger partial charge in [0.15, 0.2) is 0 Å². The van der Waals surface area contributed by atoms with Gasteiger partial charge in [0.1, 0.15) is 11.5 Å². The van der Waals surface area contributed by atoms with Crippen LogP contribution in [0.1, 0.15) is 30.4 Å².